The third kappa shape index (κ3) is 3.76. The van der Waals surface area contributed by atoms with E-state index in [1.165, 1.54) is 10.7 Å². The van der Waals surface area contributed by atoms with Gasteiger partial charge in [-0.15, -0.1) is 0 Å². The van der Waals surface area contributed by atoms with Gasteiger partial charge in [-0.25, -0.2) is 0 Å². The van der Waals surface area contributed by atoms with Crippen LogP contribution in [0.15, 0.2) is 0 Å². The van der Waals surface area contributed by atoms with Crippen molar-refractivity contribution in [2.45, 2.75) is 57.9 Å². The molecule has 21 heavy (non-hydrogen) atoms. The van der Waals surface area contributed by atoms with Gasteiger partial charge in [-0.3, -0.25) is 4.79 Å². The normalized spacial score (nSPS) is 23.5. The Hall–Kier alpha value is -0.660. The third-order valence-corrected chi connectivity index (χ3v) is 6.89. The Kier molecular flexibility index (Phi) is 5.62. The lowest BCUT2D eigenvalue weighted by molar-refractivity contribution is -0.142. The van der Waals surface area contributed by atoms with E-state index in [0.717, 1.165) is 25.7 Å². The highest BCUT2D eigenvalue weighted by Crippen LogP contribution is 2.28. The third-order valence-electron chi connectivity index (χ3n) is 4.72. The van der Waals surface area contributed by atoms with Crippen molar-refractivity contribution in [1.82, 2.24) is 8.61 Å². The molecule has 1 aliphatic carbocycles. The number of hydrogen-bond acceptors (Lipinski definition) is 3. The van der Waals surface area contributed by atoms with E-state index in [4.69, 9.17) is 5.11 Å². The van der Waals surface area contributed by atoms with Crippen LogP contribution in [0, 0.1) is 5.92 Å². The predicted molar refractivity (Wildman–Crippen MR) is 80.1 cm³/mol. The molecule has 2 fully saturated rings. The molecule has 1 saturated carbocycles. The molecule has 1 saturated heterocycles. The van der Waals surface area contributed by atoms with Gasteiger partial charge in [0.1, 0.15) is 0 Å². The van der Waals surface area contributed by atoms with E-state index in [1.54, 1.807) is 4.31 Å². The van der Waals surface area contributed by atoms with Crippen LogP contribution in [0.2, 0.25) is 0 Å². The summed E-state index contributed by atoms with van der Waals surface area (Å²) < 4.78 is 28.7. The molecule has 0 radical (unpaired) electrons. The molecule has 2 aliphatic rings. The van der Waals surface area contributed by atoms with Gasteiger partial charge in [0.2, 0.25) is 0 Å². The summed E-state index contributed by atoms with van der Waals surface area (Å²) in [4.78, 5) is 11.0. The van der Waals surface area contributed by atoms with Crippen molar-refractivity contribution >= 4 is 16.2 Å². The van der Waals surface area contributed by atoms with E-state index in [-0.39, 0.29) is 6.04 Å². The van der Waals surface area contributed by atoms with Gasteiger partial charge < -0.3 is 5.11 Å². The van der Waals surface area contributed by atoms with Crippen molar-refractivity contribution in [2.75, 3.05) is 19.6 Å². The molecule has 0 aromatic carbocycles. The summed E-state index contributed by atoms with van der Waals surface area (Å²) in [6.45, 7) is 3.02. The van der Waals surface area contributed by atoms with Gasteiger partial charge in [0.25, 0.3) is 10.2 Å². The van der Waals surface area contributed by atoms with Gasteiger partial charge in [-0.05, 0) is 25.7 Å². The summed E-state index contributed by atoms with van der Waals surface area (Å²) in [7, 11) is -3.45. The zero-order chi connectivity index (χ0) is 15.5. The Labute approximate surface area is 127 Å². The van der Waals surface area contributed by atoms with E-state index >= 15 is 0 Å². The first-order chi connectivity index (χ1) is 9.96. The molecule has 0 unspecified atom stereocenters. The number of hydrogen-bond donors (Lipinski definition) is 1. The number of rotatable bonds is 5. The molecular weight excluding hydrogens is 292 g/mol. The topological polar surface area (TPSA) is 77.9 Å². The molecule has 0 bridgehead atoms. The number of piperidine rings is 1. The first kappa shape index (κ1) is 16.7. The van der Waals surface area contributed by atoms with Gasteiger partial charge in [0.15, 0.2) is 0 Å². The highest BCUT2D eigenvalue weighted by molar-refractivity contribution is 7.86. The van der Waals surface area contributed by atoms with Crippen molar-refractivity contribution in [3.8, 4) is 0 Å². The molecule has 0 aromatic rings. The van der Waals surface area contributed by atoms with Crippen LogP contribution in [0.25, 0.3) is 0 Å². The van der Waals surface area contributed by atoms with Crippen LogP contribution in [0.3, 0.4) is 0 Å². The zero-order valence-corrected chi connectivity index (χ0v) is 13.5. The van der Waals surface area contributed by atoms with E-state index in [0.29, 0.717) is 32.5 Å². The summed E-state index contributed by atoms with van der Waals surface area (Å²) >= 11 is 0. The SMILES string of the molecule is CCN(C1CCCCC1)S(=O)(=O)N1CCC(C(=O)O)CC1. The molecule has 2 rings (SSSR count). The van der Waals surface area contributed by atoms with Crippen molar-refractivity contribution in [1.29, 1.82) is 0 Å². The molecule has 1 N–H and O–H groups in total. The summed E-state index contributed by atoms with van der Waals surface area (Å²) in [6, 6.07) is 0.117. The van der Waals surface area contributed by atoms with E-state index in [1.807, 2.05) is 6.92 Å². The minimum absolute atomic E-state index is 0.117. The van der Waals surface area contributed by atoms with E-state index in [9.17, 15) is 13.2 Å². The molecule has 0 aromatic heterocycles. The molecule has 1 aliphatic heterocycles. The maximum Gasteiger partial charge on any atom is 0.306 e. The second kappa shape index (κ2) is 7.07. The second-order valence-corrected chi connectivity index (χ2v) is 7.90. The Bertz CT molecular complexity index is 452. The summed E-state index contributed by atoms with van der Waals surface area (Å²) in [5.41, 5.74) is 0. The Morgan fingerprint density at radius 2 is 1.71 bits per heavy atom. The van der Waals surface area contributed by atoms with Gasteiger partial charge in [-0.1, -0.05) is 26.2 Å². The Morgan fingerprint density at radius 1 is 1.14 bits per heavy atom. The van der Waals surface area contributed by atoms with Crippen LogP contribution in [-0.2, 0) is 15.0 Å². The van der Waals surface area contributed by atoms with Gasteiger partial charge in [0.05, 0.1) is 5.92 Å². The van der Waals surface area contributed by atoms with Crippen LogP contribution in [0.1, 0.15) is 51.9 Å². The first-order valence-corrected chi connectivity index (χ1v) is 9.36. The molecule has 1 heterocycles. The number of carboxylic acid groups (broad SMARTS) is 1. The van der Waals surface area contributed by atoms with Crippen LogP contribution in [0.4, 0.5) is 0 Å². The fourth-order valence-electron chi connectivity index (χ4n) is 3.46. The molecule has 0 atom stereocenters. The van der Waals surface area contributed by atoms with Crippen molar-refractivity contribution in [3.63, 3.8) is 0 Å². The van der Waals surface area contributed by atoms with Crippen molar-refractivity contribution in [2.24, 2.45) is 5.92 Å². The van der Waals surface area contributed by atoms with Crippen LogP contribution in [-0.4, -0.2) is 53.8 Å². The number of carbonyl (C=O) groups is 1. The summed E-state index contributed by atoms with van der Waals surface area (Å²) in [6.07, 6.45) is 6.10. The quantitative estimate of drug-likeness (QED) is 0.836. The van der Waals surface area contributed by atoms with Crippen LogP contribution < -0.4 is 0 Å². The van der Waals surface area contributed by atoms with Crippen molar-refractivity contribution in [3.05, 3.63) is 0 Å². The van der Waals surface area contributed by atoms with Crippen molar-refractivity contribution < 1.29 is 18.3 Å². The molecule has 122 valence electrons. The maximum absolute atomic E-state index is 12.8. The van der Waals surface area contributed by atoms with Crippen LogP contribution in [0.5, 0.6) is 0 Å². The molecule has 0 amide bonds. The Balaban J connectivity index is 2.04. The highest BCUT2D eigenvalue weighted by Gasteiger charge is 2.37. The fourth-order valence-corrected chi connectivity index (χ4v) is 5.34. The fraction of sp³-hybridized carbons (Fsp3) is 0.929. The monoisotopic (exact) mass is 318 g/mol. The smallest absolute Gasteiger partial charge is 0.306 e. The first-order valence-electron chi connectivity index (χ1n) is 7.96. The van der Waals surface area contributed by atoms with E-state index < -0.39 is 22.1 Å². The van der Waals surface area contributed by atoms with Gasteiger partial charge >= 0.3 is 5.97 Å². The molecule has 7 heteroatoms. The summed E-state index contributed by atoms with van der Waals surface area (Å²) in [5, 5.41) is 9.01. The number of nitrogens with zero attached hydrogens (tertiary/aromatic N) is 2. The zero-order valence-electron chi connectivity index (χ0n) is 12.7. The summed E-state index contributed by atoms with van der Waals surface area (Å²) in [5.74, 6) is -1.21. The average molecular weight is 318 g/mol. The molecular formula is C14H26N2O4S. The lowest BCUT2D eigenvalue weighted by Crippen LogP contribution is -2.51. The van der Waals surface area contributed by atoms with Gasteiger partial charge in [0, 0.05) is 25.7 Å². The van der Waals surface area contributed by atoms with E-state index in [2.05, 4.69) is 0 Å². The molecule has 0 spiro atoms. The van der Waals surface area contributed by atoms with Crippen LogP contribution >= 0.6 is 0 Å². The number of carboxylic acids is 1. The largest absolute Gasteiger partial charge is 0.481 e. The average Bonchev–Trinajstić information content (AvgIpc) is 2.49. The highest BCUT2D eigenvalue weighted by atomic mass is 32.2. The maximum atomic E-state index is 12.8. The minimum atomic E-state index is -3.45. The lowest BCUT2D eigenvalue weighted by atomic mass is 9.95. The lowest BCUT2D eigenvalue weighted by Gasteiger charge is -2.38. The Morgan fingerprint density at radius 3 is 2.19 bits per heavy atom. The second-order valence-electron chi connectivity index (χ2n) is 6.01. The van der Waals surface area contributed by atoms with Gasteiger partial charge in [-0.2, -0.15) is 17.0 Å². The number of aliphatic carboxylic acids is 1. The predicted octanol–water partition coefficient (Wildman–Crippen LogP) is 1.68. The minimum Gasteiger partial charge on any atom is -0.481 e. The standard InChI is InChI=1S/C14H26N2O4S/c1-2-16(13-6-4-3-5-7-13)21(19,20)15-10-8-12(9-11-15)14(17)18/h12-13H,2-11H2,1H3,(H,17,18). The molecule has 6 nitrogen and oxygen atoms in total.